The Morgan fingerprint density at radius 3 is 2.89 bits per heavy atom. The maximum Gasteiger partial charge on any atom is 0.130 e. The molecule has 1 atom stereocenters. The molecular formula is C16H15NOS. The number of aromatic amines is 1. The first kappa shape index (κ1) is 12.2. The van der Waals surface area contributed by atoms with Gasteiger partial charge in [-0.05, 0) is 40.9 Å². The van der Waals surface area contributed by atoms with Gasteiger partial charge in [-0.15, -0.1) is 0 Å². The van der Waals surface area contributed by atoms with Crippen molar-refractivity contribution < 1.29 is 4.79 Å². The molecule has 1 aromatic carbocycles. The first-order chi connectivity index (χ1) is 9.25. The van der Waals surface area contributed by atoms with E-state index < -0.39 is 0 Å². The zero-order chi connectivity index (χ0) is 13.2. The van der Waals surface area contributed by atoms with Crippen molar-refractivity contribution in [1.29, 1.82) is 0 Å². The number of Topliss-reactive ketones (excluding diaryl/α,β-unsaturated/α-hetero) is 1. The number of benzene rings is 1. The van der Waals surface area contributed by atoms with E-state index >= 15 is 0 Å². The zero-order valence-corrected chi connectivity index (χ0v) is 11.5. The number of para-hydroxylation sites is 1. The van der Waals surface area contributed by atoms with Gasteiger partial charge in [0.2, 0.25) is 0 Å². The fraction of sp³-hybridized carbons (Fsp3) is 0.188. The Kier molecular flexibility index (Phi) is 3.22. The van der Waals surface area contributed by atoms with Crippen LogP contribution in [0.3, 0.4) is 0 Å². The highest BCUT2D eigenvalue weighted by Gasteiger charge is 2.19. The number of hydrogen-bond acceptors (Lipinski definition) is 2. The number of fused-ring (bicyclic) bond motifs is 1. The molecular weight excluding hydrogens is 254 g/mol. The number of hydrogen-bond donors (Lipinski definition) is 1. The predicted molar refractivity (Wildman–Crippen MR) is 79.8 cm³/mol. The second kappa shape index (κ2) is 5.02. The average Bonchev–Trinajstić information content (AvgIpc) is 3.05. The lowest BCUT2D eigenvalue weighted by Crippen LogP contribution is -2.04. The molecule has 2 aromatic heterocycles. The summed E-state index contributed by atoms with van der Waals surface area (Å²) in [5.41, 5.74) is 3.57. The normalized spacial score (nSPS) is 12.7. The smallest absolute Gasteiger partial charge is 0.130 e. The third-order valence-corrected chi connectivity index (χ3v) is 4.14. The highest BCUT2D eigenvalue weighted by molar-refractivity contribution is 7.08. The molecule has 0 bridgehead atoms. The zero-order valence-electron chi connectivity index (χ0n) is 10.7. The van der Waals surface area contributed by atoms with Crippen LogP contribution in [-0.2, 0) is 4.79 Å². The number of H-pyrrole nitrogens is 1. The maximum absolute atomic E-state index is 11.6. The van der Waals surface area contributed by atoms with E-state index in [1.807, 2.05) is 18.3 Å². The molecule has 0 saturated carbocycles. The van der Waals surface area contributed by atoms with Crippen LogP contribution in [-0.4, -0.2) is 10.8 Å². The van der Waals surface area contributed by atoms with Crippen molar-refractivity contribution in [1.82, 2.24) is 4.98 Å². The summed E-state index contributed by atoms with van der Waals surface area (Å²) in [6, 6.07) is 10.4. The average molecular weight is 269 g/mol. The molecule has 0 fully saturated rings. The fourth-order valence-corrected chi connectivity index (χ4v) is 3.26. The summed E-state index contributed by atoms with van der Waals surface area (Å²) in [5.74, 6) is 0.376. The lowest BCUT2D eigenvalue weighted by atomic mass is 9.89. The Hall–Kier alpha value is -1.87. The number of carbonyl (C=O) groups is 1. The first-order valence-corrected chi connectivity index (χ1v) is 7.27. The summed E-state index contributed by atoms with van der Waals surface area (Å²) in [6.45, 7) is 1.66. The van der Waals surface area contributed by atoms with E-state index in [9.17, 15) is 4.79 Å². The second-order valence-corrected chi connectivity index (χ2v) is 5.59. The minimum Gasteiger partial charge on any atom is -0.361 e. The fourth-order valence-electron chi connectivity index (χ4n) is 2.55. The number of nitrogens with one attached hydrogen (secondary N) is 1. The van der Waals surface area contributed by atoms with Gasteiger partial charge in [0.1, 0.15) is 5.78 Å². The summed E-state index contributed by atoms with van der Waals surface area (Å²) >= 11 is 1.68. The van der Waals surface area contributed by atoms with Crippen LogP contribution in [0, 0.1) is 0 Å². The Bertz CT molecular complexity index is 696. The molecule has 2 nitrogen and oxygen atoms in total. The van der Waals surface area contributed by atoms with Gasteiger partial charge < -0.3 is 4.98 Å². The molecule has 1 N–H and O–H groups in total. The summed E-state index contributed by atoms with van der Waals surface area (Å²) in [5, 5.41) is 5.41. The Morgan fingerprint density at radius 2 is 2.16 bits per heavy atom. The number of rotatable bonds is 4. The highest BCUT2D eigenvalue weighted by atomic mass is 32.1. The molecule has 0 amide bonds. The van der Waals surface area contributed by atoms with Crippen LogP contribution in [0.5, 0.6) is 0 Å². The minimum atomic E-state index is 0.153. The third-order valence-electron chi connectivity index (χ3n) is 3.43. The van der Waals surface area contributed by atoms with Crippen LogP contribution in [0.1, 0.15) is 30.4 Å². The highest BCUT2D eigenvalue weighted by Crippen LogP contribution is 2.34. The van der Waals surface area contributed by atoms with Gasteiger partial charge in [0.25, 0.3) is 0 Å². The lowest BCUT2D eigenvalue weighted by Gasteiger charge is -2.13. The van der Waals surface area contributed by atoms with Crippen molar-refractivity contribution in [2.24, 2.45) is 0 Å². The van der Waals surface area contributed by atoms with E-state index in [-0.39, 0.29) is 11.7 Å². The van der Waals surface area contributed by atoms with Crippen molar-refractivity contribution in [2.75, 3.05) is 0 Å². The number of carbonyl (C=O) groups excluding carboxylic acids is 1. The monoisotopic (exact) mass is 269 g/mol. The summed E-state index contributed by atoms with van der Waals surface area (Å²) < 4.78 is 0. The molecule has 0 saturated heterocycles. The molecule has 3 aromatic rings. The second-order valence-electron chi connectivity index (χ2n) is 4.81. The summed E-state index contributed by atoms with van der Waals surface area (Å²) in [6.07, 6.45) is 2.59. The standard InChI is InChI=1S/C16H15NOS/c1-11(18)8-14(12-6-7-19-10-12)15-9-17-16-5-3-2-4-13(15)16/h2-7,9-10,14,17H,8H2,1H3/t14-/m0/s1. The van der Waals surface area contributed by atoms with Gasteiger partial charge in [-0.2, -0.15) is 11.3 Å². The molecule has 3 rings (SSSR count). The Balaban J connectivity index is 2.11. The van der Waals surface area contributed by atoms with Crippen LogP contribution < -0.4 is 0 Å². The molecule has 0 radical (unpaired) electrons. The number of aromatic nitrogens is 1. The molecule has 0 aliphatic carbocycles. The van der Waals surface area contributed by atoms with Gasteiger partial charge in [0, 0.05) is 29.4 Å². The van der Waals surface area contributed by atoms with Crippen molar-refractivity contribution >= 4 is 28.0 Å². The van der Waals surface area contributed by atoms with Gasteiger partial charge in [-0.1, -0.05) is 18.2 Å². The van der Waals surface area contributed by atoms with Crippen LogP contribution in [0.15, 0.2) is 47.3 Å². The predicted octanol–water partition coefficient (Wildman–Crippen LogP) is 4.34. The van der Waals surface area contributed by atoms with Crippen molar-refractivity contribution in [3.05, 3.63) is 58.4 Å². The van der Waals surface area contributed by atoms with Crippen molar-refractivity contribution in [2.45, 2.75) is 19.3 Å². The third kappa shape index (κ3) is 2.34. The SMILES string of the molecule is CC(=O)C[C@@H](c1ccsc1)c1c[nH]c2ccccc12. The van der Waals surface area contributed by atoms with Gasteiger partial charge in [0.15, 0.2) is 0 Å². The van der Waals surface area contributed by atoms with E-state index in [0.717, 1.165) is 5.52 Å². The topological polar surface area (TPSA) is 32.9 Å². The summed E-state index contributed by atoms with van der Waals surface area (Å²) in [4.78, 5) is 14.9. The van der Waals surface area contributed by atoms with E-state index in [4.69, 9.17) is 0 Å². The summed E-state index contributed by atoms with van der Waals surface area (Å²) in [7, 11) is 0. The van der Waals surface area contributed by atoms with Gasteiger partial charge >= 0.3 is 0 Å². The number of thiophene rings is 1. The van der Waals surface area contributed by atoms with Crippen LogP contribution in [0.25, 0.3) is 10.9 Å². The van der Waals surface area contributed by atoms with Gasteiger partial charge in [-0.3, -0.25) is 4.79 Å². The molecule has 0 aliphatic heterocycles. The molecule has 0 aliphatic rings. The Morgan fingerprint density at radius 1 is 1.32 bits per heavy atom. The quantitative estimate of drug-likeness (QED) is 0.751. The largest absolute Gasteiger partial charge is 0.361 e. The van der Waals surface area contributed by atoms with E-state index in [1.165, 1.54) is 16.5 Å². The van der Waals surface area contributed by atoms with E-state index in [0.29, 0.717) is 6.42 Å². The number of ketones is 1. The van der Waals surface area contributed by atoms with E-state index in [2.05, 4.69) is 33.9 Å². The van der Waals surface area contributed by atoms with Crippen LogP contribution >= 0.6 is 11.3 Å². The van der Waals surface area contributed by atoms with Crippen molar-refractivity contribution in [3.63, 3.8) is 0 Å². The first-order valence-electron chi connectivity index (χ1n) is 6.33. The van der Waals surface area contributed by atoms with Crippen LogP contribution in [0.4, 0.5) is 0 Å². The van der Waals surface area contributed by atoms with E-state index in [1.54, 1.807) is 18.3 Å². The molecule has 19 heavy (non-hydrogen) atoms. The molecule has 0 unspecified atom stereocenters. The lowest BCUT2D eigenvalue weighted by molar-refractivity contribution is -0.117. The van der Waals surface area contributed by atoms with Gasteiger partial charge in [-0.25, -0.2) is 0 Å². The van der Waals surface area contributed by atoms with Crippen LogP contribution in [0.2, 0.25) is 0 Å². The maximum atomic E-state index is 11.6. The molecule has 2 heterocycles. The van der Waals surface area contributed by atoms with Crippen molar-refractivity contribution in [3.8, 4) is 0 Å². The van der Waals surface area contributed by atoms with Gasteiger partial charge in [0.05, 0.1) is 0 Å². The minimum absolute atomic E-state index is 0.153. The molecule has 96 valence electrons. The Labute approximate surface area is 116 Å². The molecule has 3 heteroatoms. The molecule has 0 spiro atoms.